The number of carbonyl (C=O) groups is 1. The lowest BCUT2D eigenvalue weighted by Gasteiger charge is -2.15. The van der Waals surface area contributed by atoms with Crippen molar-refractivity contribution in [2.75, 3.05) is 5.32 Å². The number of carboxylic acids is 1. The van der Waals surface area contributed by atoms with E-state index in [0.717, 1.165) is 5.56 Å². The van der Waals surface area contributed by atoms with Gasteiger partial charge in [-0.3, -0.25) is 14.9 Å². The minimum Gasteiger partial charge on any atom is -0.481 e. The van der Waals surface area contributed by atoms with Gasteiger partial charge < -0.3 is 10.4 Å². The van der Waals surface area contributed by atoms with Gasteiger partial charge >= 0.3 is 5.97 Å². The highest BCUT2D eigenvalue weighted by molar-refractivity contribution is 5.73. The van der Waals surface area contributed by atoms with Crippen LogP contribution in [0.2, 0.25) is 0 Å². The van der Waals surface area contributed by atoms with Crippen LogP contribution in [0.15, 0.2) is 30.4 Å². The average molecular weight is 262 g/mol. The number of rotatable bonds is 4. The molecule has 6 heteroatoms. The average Bonchev–Trinajstić information content (AvgIpc) is 2.80. The van der Waals surface area contributed by atoms with Gasteiger partial charge in [-0.15, -0.1) is 0 Å². The molecule has 2 unspecified atom stereocenters. The number of aliphatic carboxylic acids is 1. The number of hydrogen-bond acceptors (Lipinski definition) is 4. The number of hydrogen-bond donors (Lipinski definition) is 2. The zero-order valence-corrected chi connectivity index (χ0v) is 10.4. The molecule has 1 aliphatic rings. The first-order chi connectivity index (χ1) is 8.97. The van der Waals surface area contributed by atoms with Gasteiger partial charge in [0.15, 0.2) is 0 Å². The van der Waals surface area contributed by atoms with Crippen molar-refractivity contribution in [2.45, 2.75) is 19.4 Å². The van der Waals surface area contributed by atoms with E-state index in [0.29, 0.717) is 12.1 Å². The number of benzene rings is 1. The molecule has 2 N–H and O–H groups in total. The molecule has 100 valence electrons. The highest BCUT2D eigenvalue weighted by Gasteiger charge is 2.24. The van der Waals surface area contributed by atoms with E-state index < -0.39 is 16.8 Å². The van der Waals surface area contributed by atoms with Crippen molar-refractivity contribution in [1.29, 1.82) is 0 Å². The number of carboxylic acid groups (broad SMARTS) is 1. The predicted octanol–water partition coefficient (Wildman–Crippen LogP) is 2.34. The summed E-state index contributed by atoms with van der Waals surface area (Å²) in [5.74, 6) is -1.34. The molecule has 2 atom stereocenters. The maximum absolute atomic E-state index is 10.8. The van der Waals surface area contributed by atoms with Crippen molar-refractivity contribution >= 4 is 17.3 Å². The van der Waals surface area contributed by atoms with Crippen LogP contribution in [0.25, 0.3) is 0 Å². The molecule has 2 rings (SSSR count). The summed E-state index contributed by atoms with van der Waals surface area (Å²) in [5, 5.41) is 22.8. The summed E-state index contributed by atoms with van der Waals surface area (Å²) in [5.41, 5.74) is 1.57. The van der Waals surface area contributed by atoms with Crippen LogP contribution in [0.3, 0.4) is 0 Å². The number of aryl methyl sites for hydroxylation is 1. The normalized spacial score (nSPS) is 21.3. The maximum atomic E-state index is 10.8. The molecular formula is C13H14N2O4. The third kappa shape index (κ3) is 2.90. The molecule has 0 saturated heterocycles. The summed E-state index contributed by atoms with van der Waals surface area (Å²) in [6.07, 6.45) is 3.89. The third-order valence-corrected chi connectivity index (χ3v) is 3.17. The second-order valence-corrected chi connectivity index (χ2v) is 4.57. The minimum absolute atomic E-state index is 0.0184. The number of nitro benzene ring substituents is 1. The van der Waals surface area contributed by atoms with E-state index in [4.69, 9.17) is 5.11 Å². The van der Waals surface area contributed by atoms with Crippen LogP contribution in [0.5, 0.6) is 0 Å². The molecule has 0 aromatic heterocycles. The fourth-order valence-electron chi connectivity index (χ4n) is 2.07. The first kappa shape index (κ1) is 13.1. The Kier molecular flexibility index (Phi) is 3.50. The van der Waals surface area contributed by atoms with Gasteiger partial charge in [-0.2, -0.15) is 0 Å². The molecule has 0 radical (unpaired) electrons. The molecule has 0 bridgehead atoms. The predicted molar refractivity (Wildman–Crippen MR) is 70.1 cm³/mol. The van der Waals surface area contributed by atoms with Gasteiger partial charge in [-0.05, 0) is 18.9 Å². The fraction of sp³-hybridized carbons (Fsp3) is 0.308. The van der Waals surface area contributed by atoms with Gasteiger partial charge in [-0.25, -0.2) is 0 Å². The molecule has 0 amide bonds. The standard InChI is InChI=1S/C13H14N2O4/c1-8-2-5-11(15(18)19)7-12(8)14-10-4-3-9(6-10)13(16)17/h2-5,7,9-10,14H,6H2,1H3,(H,16,17). The van der Waals surface area contributed by atoms with E-state index in [9.17, 15) is 14.9 Å². The van der Waals surface area contributed by atoms with Crippen molar-refractivity contribution in [3.63, 3.8) is 0 Å². The molecule has 19 heavy (non-hydrogen) atoms. The Morgan fingerprint density at radius 2 is 2.21 bits per heavy atom. The van der Waals surface area contributed by atoms with Crippen LogP contribution in [0.4, 0.5) is 11.4 Å². The van der Waals surface area contributed by atoms with Crippen LogP contribution in [0.1, 0.15) is 12.0 Å². The number of non-ortho nitro benzene ring substituents is 1. The van der Waals surface area contributed by atoms with Crippen molar-refractivity contribution in [3.8, 4) is 0 Å². The summed E-state index contributed by atoms with van der Waals surface area (Å²) >= 11 is 0. The summed E-state index contributed by atoms with van der Waals surface area (Å²) < 4.78 is 0. The summed E-state index contributed by atoms with van der Waals surface area (Å²) in [6.45, 7) is 1.85. The topological polar surface area (TPSA) is 92.5 Å². The van der Waals surface area contributed by atoms with E-state index in [1.807, 2.05) is 6.92 Å². The largest absolute Gasteiger partial charge is 0.481 e. The van der Waals surface area contributed by atoms with Crippen molar-refractivity contribution < 1.29 is 14.8 Å². The number of nitrogens with zero attached hydrogens (tertiary/aromatic N) is 1. The number of anilines is 1. The second kappa shape index (κ2) is 5.09. The molecule has 1 aromatic carbocycles. The maximum Gasteiger partial charge on any atom is 0.310 e. The molecule has 0 aliphatic heterocycles. The zero-order chi connectivity index (χ0) is 14.0. The molecule has 0 fully saturated rings. The van der Waals surface area contributed by atoms with Crippen molar-refractivity contribution in [1.82, 2.24) is 0 Å². The lowest BCUT2D eigenvalue weighted by Crippen LogP contribution is -2.19. The SMILES string of the molecule is Cc1ccc([N+](=O)[O-])cc1NC1C=CC(C(=O)O)C1. The van der Waals surface area contributed by atoms with Gasteiger partial charge in [0.25, 0.3) is 5.69 Å². The molecule has 0 spiro atoms. The van der Waals surface area contributed by atoms with Crippen molar-refractivity contribution in [3.05, 3.63) is 46.0 Å². The first-order valence-electron chi connectivity index (χ1n) is 5.90. The van der Waals surface area contributed by atoms with Crippen LogP contribution in [-0.4, -0.2) is 22.0 Å². The molecule has 1 aliphatic carbocycles. The van der Waals surface area contributed by atoms with Crippen LogP contribution in [0, 0.1) is 23.0 Å². The Morgan fingerprint density at radius 3 is 2.79 bits per heavy atom. The van der Waals surface area contributed by atoms with E-state index in [-0.39, 0.29) is 11.7 Å². The second-order valence-electron chi connectivity index (χ2n) is 4.57. The number of nitro groups is 1. The van der Waals surface area contributed by atoms with E-state index >= 15 is 0 Å². The quantitative estimate of drug-likeness (QED) is 0.493. The van der Waals surface area contributed by atoms with E-state index in [1.165, 1.54) is 12.1 Å². The van der Waals surface area contributed by atoms with Crippen molar-refractivity contribution in [2.24, 2.45) is 5.92 Å². The monoisotopic (exact) mass is 262 g/mol. The Bertz CT molecular complexity index is 554. The Balaban J connectivity index is 2.12. The van der Waals surface area contributed by atoms with E-state index in [1.54, 1.807) is 18.2 Å². The zero-order valence-electron chi connectivity index (χ0n) is 10.4. The molecular weight excluding hydrogens is 248 g/mol. The minimum atomic E-state index is -0.851. The van der Waals surface area contributed by atoms with Crippen LogP contribution >= 0.6 is 0 Å². The summed E-state index contributed by atoms with van der Waals surface area (Å²) in [4.78, 5) is 21.1. The fourth-order valence-corrected chi connectivity index (χ4v) is 2.07. The lowest BCUT2D eigenvalue weighted by atomic mass is 10.1. The van der Waals surface area contributed by atoms with Gasteiger partial charge in [0.05, 0.1) is 10.8 Å². The van der Waals surface area contributed by atoms with Gasteiger partial charge in [0.1, 0.15) is 0 Å². The molecule has 1 aromatic rings. The molecule has 0 saturated carbocycles. The summed E-state index contributed by atoms with van der Waals surface area (Å²) in [7, 11) is 0. The van der Waals surface area contributed by atoms with Gasteiger partial charge in [0, 0.05) is 23.9 Å². The van der Waals surface area contributed by atoms with Crippen LogP contribution in [-0.2, 0) is 4.79 Å². The highest BCUT2D eigenvalue weighted by Crippen LogP contribution is 2.26. The Morgan fingerprint density at radius 1 is 1.47 bits per heavy atom. The van der Waals surface area contributed by atoms with Gasteiger partial charge in [-0.1, -0.05) is 18.2 Å². The smallest absolute Gasteiger partial charge is 0.310 e. The number of nitrogens with one attached hydrogen (secondary N) is 1. The summed E-state index contributed by atoms with van der Waals surface area (Å²) in [6, 6.07) is 4.48. The Hall–Kier alpha value is -2.37. The third-order valence-electron chi connectivity index (χ3n) is 3.17. The van der Waals surface area contributed by atoms with Gasteiger partial charge in [0.2, 0.25) is 0 Å². The van der Waals surface area contributed by atoms with E-state index in [2.05, 4.69) is 5.32 Å². The Labute approximate surface area is 109 Å². The molecule has 6 nitrogen and oxygen atoms in total. The van der Waals surface area contributed by atoms with Crippen LogP contribution < -0.4 is 5.32 Å². The lowest BCUT2D eigenvalue weighted by molar-refractivity contribution is -0.384. The molecule has 0 heterocycles. The first-order valence-corrected chi connectivity index (χ1v) is 5.90. The highest BCUT2D eigenvalue weighted by atomic mass is 16.6.